The van der Waals surface area contributed by atoms with Gasteiger partial charge in [-0.2, -0.15) is 0 Å². The Morgan fingerprint density at radius 2 is 1.88 bits per heavy atom. The van der Waals surface area contributed by atoms with Gasteiger partial charge in [0.2, 0.25) is 0 Å². The number of nitrogen functional groups attached to an aromatic ring is 1. The molecule has 0 aromatic heterocycles. The zero-order valence-corrected chi connectivity index (χ0v) is 9.70. The normalized spacial score (nSPS) is 10.2. The van der Waals surface area contributed by atoms with Crippen LogP contribution in [0.4, 0.5) is 21.5 Å². The number of rotatable bonds is 3. The van der Waals surface area contributed by atoms with Crippen LogP contribution in [0.15, 0.2) is 42.5 Å². The van der Waals surface area contributed by atoms with Crippen molar-refractivity contribution < 1.29 is 4.39 Å². The Bertz CT molecular complexity index is 503. The molecule has 0 atom stereocenters. The van der Waals surface area contributed by atoms with Crippen molar-refractivity contribution in [3.63, 3.8) is 0 Å². The fourth-order valence-electron chi connectivity index (χ4n) is 1.76. The molecular formula is C14H15FN2. The van der Waals surface area contributed by atoms with E-state index in [9.17, 15) is 4.39 Å². The van der Waals surface area contributed by atoms with Crippen molar-refractivity contribution in [2.75, 3.05) is 11.1 Å². The maximum atomic E-state index is 13.6. The third kappa shape index (κ3) is 2.38. The van der Waals surface area contributed by atoms with E-state index in [1.54, 1.807) is 12.1 Å². The molecule has 3 N–H and O–H groups in total. The highest BCUT2D eigenvalue weighted by atomic mass is 19.1. The molecule has 3 heteroatoms. The van der Waals surface area contributed by atoms with Crippen molar-refractivity contribution in [3.8, 4) is 0 Å². The van der Waals surface area contributed by atoms with Crippen molar-refractivity contribution in [1.82, 2.24) is 0 Å². The average Bonchev–Trinajstić information content (AvgIpc) is 2.34. The van der Waals surface area contributed by atoms with E-state index in [1.807, 2.05) is 24.3 Å². The minimum atomic E-state index is -0.337. The second-order valence-corrected chi connectivity index (χ2v) is 3.84. The number of anilines is 3. The molecule has 0 amide bonds. The monoisotopic (exact) mass is 230 g/mol. The second-order valence-electron chi connectivity index (χ2n) is 3.84. The third-order valence-electron chi connectivity index (χ3n) is 2.70. The summed E-state index contributed by atoms with van der Waals surface area (Å²) >= 11 is 0. The van der Waals surface area contributed by atoms with E-state index in [4.69, 9.17) is 5.73 Å². The Hall–Kier alpha value is -2.03. The average molecular weight is 230 g/mol. The molecule has 0 saturated heterocycles. The van der Waals surface area contributed by atoms with Gasteiger partial charge >= 0.3 is 0 Å². The molecule has 2 rings (SSSR count). The Morgan fingerprint density at radius 1 is 1.12 bits per heavy atom. The summed E-state index contributed by atoms with van der Waals surface area (Å²) < 4.78 is 13.6. The van der Waals surface area contributed by atoms with E-state index >= 15 is 0 Å². The second kappa shape index (κ2) is 4.87. The van der Waals surface area contributed by atoms with Crippen LogP contribution in [-0.2, 0) is 6.42 Å². The van der Waals surface area contributed by atoms with Crippen molar-refractivity contribution in [1.29, 1.82) is 0 Å². The van der Waals surface area contributed by atoms with Gasteiger partial charge in [0.25, 0.3) is 0 Å². The first-order valence-electron chi connectivity index (χ1n) is 5.61. The largest absolute Gasteiger partial charge is 0.397 e. The summed E-state index contributed by atoms with van der Waals surface area (Å²) in [5, 5.41) is 3.06. The van der Waals surface area contributed by atoms with Crippen molar-refractivity contribution in [2.24, 2.45) is 0 Å². The van der Waals surface area contributed by atoms with Crippen LogP contribution >= 0.6 is 0 Å². The van der Waals surface area contributed by atoms with Crippen LogP contribution in [0.5, 0.6) is 0 Å². The minimum Gasteiger partial charge on any atom is -0.397 e. The lowest BCUT2D eigenvalue weighted by Gasteiger charge is -2.13. The van der Waals surface area contributed by atoms with Gasteiger partial charge in [0.1, 0.15) is 5.82 Å². The molecule has 17 heavy (non-hydrogen) atoms. The van der Waals surface area contributed by atoms with E-state index in [1.165, 1.54) is 6.07 Å². The van der Waals surface area contributed by atoms with Gasteiger partial charge in [-0.25, -0.2) is 4.39 Å². The zero-order valence-electron chi connectivity index (χ0n) is 9.70. The van der Waals surface area contributed by atoms with E-state index < -0.39 is 0 Å². The summed E-state index contributed by atoms with van der Waals surface area (Å²) in [5.74, 6) is -0.337. The molecule has 0 fully saturated rings. The molecule has 2 nitrogen and oxygen atoms in total. The summed E-state index contributed by atoms with van der Waals surface area (Å²) in [7, 11) is 0. The minimum absolute atomic E-state index is 0.337. The first-order chi connectivity index (χ1) is 8.22. The summed E-state index contributed by atoms with van der Waals surface area (Å²) in [6.07, 6.45) is 0.886. The van der Waals surface area contributed by atoms with Crippen LogP contribution in [0, 0.1) is 5.82 Å². The predicted molar refractivity (Wildman–Crippen MR) is 69.9 cm³/mol. The highest BCUT2D eigenvalue weighted by Crippen LogP contribution is 2.27. The number of halogens is 1. The molecule has 2 aromatic carbocycles. The van der Waals surface area contributed by atoms with Gasteiger partial charge in [-0.05, 0) is 30.2 Å². The molecule has 0 aliphatic heterocycles. The van der Waals surface area contributed by atoms with Crippen LogP contribution < -0.4 is 11.1 Å². The van der Waals surface area contributed by atoms with Crippen LogP contribution in [-0.4, -0.2) is 0 Å². The van der Waals surface area contributed by atoms with Gasteiger partial charge in [-0.3, -0.25) is 0 Å². The number of hydrogen-bond donors (Lipinski definition) is 2. The van der Waals surface area contributed by atoms with E-state index in [-0.39, 0.29) is 5.82 Å². The lowest BCUT2D eigenvalue weighted by atomic mass is 10.1. The van der Waals surface area contributed by atoms with Gasteiger partial charge in [-0.15, -0.1) is 0 Å². The quantitative estimate of drug-likeness (QED) is 0.789. The van der Waals surface area contributed by atoms with Gasteiger partial charge in [0, 0.05) is 5.69 Å². The molecule has 0 aliphatic rings. The first kappa shape index (κ1) is 11.5. The van der Waals surface area contributed by atoms with Gasteiger partial charge in [0.05, 0.1) is 11.4 Å². The highest BCUT2D eigenvalue weighted by Gasteiger charge is 2.07. The zero-order chi connectivity index (χ0) is 12.3. The molecular weight excluding hydrogens is 215 g/mol. The van der Waals surface area contributed by atoms with E-state index in [0.29, 0.717) is 11.4 Å². The maximum absolute atomic E-state index is 13.6. The Morgan fingerprint density at radius 3 is 2.59 bits per heavy atom. The van der Waals surface area contributed by atoms with Gasteiger partial charge < -0.3 is 11.1 Å². The Balaban J connectivity index is 2.38. The van der Waals surface area contributed by atoms with Crippen LogP contribution in [0.1, 0.15) is 12.5 Å². The number of aryl methyl sites for hydroxylation is 1. The summed E-state index contributed by atoms with van der Waals surface area (Å²) in [6.45, 7) is 2.06. The molecule has 88 valence electrons. The third-order valence-corrected chi connectivity index (χ3v) is 2.70. The van der Waals surface area contributed by atoms with Gasteiger partial charge in [-0.1, -0.05) is 31.2 Å². The topological polar surface area (TPSA) is 38.0 Å². The lowest BCUT2D eigenvalue weighted by Crippen LogP contribution is -2.01. The number of benzene rings is 2. The number of nitrogens with one attached hydrogen (secondary N) is 1. The molecule has 0 spiro atoms. The van der Waals surface area contributed by atoms with E-state index in [0.717, 1.165) is 17.7 Å². The molecule has 0 unspecified atom stereocenters. The standard InChI is InChI=1S/C14H15FN2/c1-2-10-6-3-4-9-13(10)17-14-11(15)7-5-8-12(14)16/h3-9,17H,2,16H2,1H3. The molecule has 0 heterocycles. The fourth-order valence-corrected chi connectivity index (χ4v) is 1.76. The fraction of sp³-hybridized carbons (Fsp3) is 0.143. The Kier molecular flexibility index (Phi) is 3.28. The van der Waals surface area contributed by atoms with E-state index in [2.05, 4.69) is 12.2 Å². The number of para-hydroxylation sites is 2. The van der Waals surface area contributed by atoms with Crippen molar-refractivity contribution in [3.05, 3.63) is 53.8 Å². The number of nitrogens with two attached hydrogens (primary N) is 1. The highest BCUT2D eigenvalue weighted by molar-refractivity contribution is 5.74. The van der Waals surface area contributed by atoms with Crippen LogP contribution in [0.2, 0.25) is 0 Å². The first-order valence-corrected chi connectivity index (χ1v) is 5.61. The van der Waals surface area contributed by atoms with Gasteiger partial charge in [0.15, 0.2) is 0 Å². The van der Waals surface area contributed by atoms with Crippen molar-refractivity contribution in [2.45, 2.75) is 13.3 Å². The smallest absolute Gasteiger partial charge is 0.148 e. The van der Waals surface area contributed by atoms with Crippen molar-refractivity contribution >= 4 is 17.1 Å². The Labute approximate surface area is 100 Å². The summed E-state index contributed by atoms with van der Waals surface area (Å²) in [6, 6.07) is 12.5. The summed E-state index contributed by atoms with van der Waals surface area (Å²) in [5.41, 5.74) is 8.54. The molecule has 0 radical (unpaired) electrons. The molecule has 2 aromatic rings. The molecule has 0 saturated carbocycles. The summed E-state index contributed by atoms with van der Waals surface area (Å²) in [4.78, 5) is 0. The number of hydrogen-bond acceptors (Lipinski definition) is 2. The molecule has 0 aliphatic carbocycles. The SMILES string of the molecule is CCc1ccccc1Nc1c(N)cccc1F. The maximum Gasteiger partial charge on any atom is 0.148 e. The lowest BCUT2D eigenvalue weighted by molar-refractivity contribution is 0.632. The molecule has 0 bridgehead atoms. The predicted octanol–water partition coefficient (Wildman–Crippen LogP) is 3.71. The van der Waals surface area contributed by atoms with Crippen LogP contribution in [0.3, 0.4) is 0 Å². The van der Waals surface area contributed by atoms with Crippen LogP contribution in [0.25, 0.3) is 0 Å².